The summed E-state index contributed by atoms with van der Waals surface area (Å²) < 4.78 is 12.4. The van der Waals surface area contributed by atoms with E-state index in [9.17, 15) is 9.59 Å². The van der Waals surface area contributed by atoms with Crippen molar-refractivity contribution in [1.82, 2.24) is 9.55 Å². The molecule has 144 valence electrons. The van der Waals surface area contributed by atoms with E-state index in [0.29, 0.717) is 45.3 Å². The standard InChI is InChI=1S/C21H19ClN2O4/c1-12-13(2)24(19(11-25)23-12)17-9-8-14(22)10-16(17)20(26)15-6-5-7-18(27-3)21(15)28-4/h5-11H,1-4H3. The summed E-state index contributed by atoms with van der Waals surface area (Å²) in [7, 11) is 2.98. The third kappa shape index (κ3) is 3.27. The second kappa shape index (κ2) is 7.86. The van der Waals surface area contributed by atoms with E-state index in [0.717, 1.165) is 5.69 Å². The van der Waals surface area contributed by atoms with Gasteiger partial charge in [-0.05, 0) is 44.2 Å². The monoisotopic (exact) mass is 398 g/mol. The molecule has 0 bridgehead atoms. The fourth-order valence-electron chi connectivity index (χ4n) is 3.12. The number of ether oxygens (including phenoxy) is 2. The van der Waals surface area contributed by atoms with Crippen molar-refractivity contribution in [2.24, 2.45) is 0 Å². The molecule has 7 heteroatoms. The van der Waals surface area contributed by atoms with Gasteiger partial charge in [-0.3, -0.25) is 14.2 Å². The molecule has 1 heterocycles. The maximum absolute atomic E-state index is 13.4. The number of nitrogens with zero attached hydrogens (tertiary/aromatic N) is 2. The lowest BCUT2D eigenvalue weighted by Gasteiger charge is -2.16. The van der Waals surface area contributed by atoms with Crippen molar-refractivity contribution >= 4 is 23.7 Å². The summed E-state index contributed by atoms with van der Waals surface area (Å²) >= 11 is 6.18. The number of methoxy groups -OCH3 is 2. The molecule has 1 aromatic heterocycles. The average molecular weight is 399 g/mol. The van der Waals surface area contributed by atoms with Crippen LogP contribution in [0.5, 0.6) is 11.5 Å². The number of carbonyl (C=O) groups excluding carboxylic acids is 2. The molecule has 0 aliphatic carbocycles. The van der Waals surface area contributed by atoms with Gasteiger partial charge in [-0.25, -0.2) is 4.98 Å². The highest BCUT2D eigenvalue weighted by atomic mass is 35.5. The molecular formula is C21H19ClN2O4. The second-order valence-electron chi connectivity index (χ2n) is 6.13. The zero-order valence-corrected chi connectivity index (χ0v) is 16.7. The predicted molar refractivity (Wildman–Crippen MR) is 106 cm³/mol. The van der Waals surface area contributed by atoms with Gasteiger partial charge >= 0.3 is 0 Å². The number of halogens is 1. The molecule has 0 spiro atoms. The van der Waals surface area contributed by atoms with E-state index in [2.05, 4.69) is 4.98 Å². The molecule has 0 aliphatic heterocycles. The maximum atomic E-state index is 13.4. The van der Waals surface area contributed by atoms with Crippen molar-refractivity contribution in [2.45, 2.75) is 13.8 Å². The largest absolute Gasteiger partial charge is 0.493 e. The van der Waals surface area contributed by atoms with Gasteiger partial charge in [0.1, 0.15) is 0 Å². The van der Waals surface area contributed by atoms with E-state index >= 15 is 0 Å². The second-order valence-corrected chi connectivity index (χ2v) is 6.56. The summed E-state index contributed by atoms with van der Waals surface area (Å²) in [5, 5.41) is 0.399. The first-order valence-corrected chi connectivity index (χ1v) is 8.87. The molecule has 3 aromatic rings. The van der Waals surface area contributed by atoms with Crippen molar-refractivity contribution in [3.05, 3.63) is 69.8 Å². The number of carbonyl (C=O) groups is 2. The van der Waals surface area contributed by atoms with Crippen LogP contribution in [0.2, 0.25) is 5.02 Å². The molecule has 0 aliphatic rings. The van der Waals surface area contributed by atoms with Crippen LogP contribution >= 0.6 is 11.6 Å². The van der Waals surface area contributed by atoms with Gasteiger partial charge in [-0.2, -0.15) is 0 Å². The topological polar surface area (TPSA) is 70.4 Å². The minimum Gasteiger partial charge on any atom is -0.493 e. The Morgan fingerprint density at radius 1 is 1.11 bits per heavy atom. The molecule has 0 unspecified atom stereocenters. The van der Waals surface area contributed by atoms with Crippen molar-refractivity contribution in [2.75, 3.05) is 14.2 Å². The number of benzene rings is 2. The number of aldehydes is 1. The third-order valence-electron chi connectivity index (χ3n) is 4.57. The molecule has 0 amide bonds. The lowest BCUT2D eigenvalue weighted by molar-refractivity contribution is 0.103. The Morgan fingerprint density at radius 2 is 1.86 bits per heavy atom. The minimum absolute atomic E-state index is 0.212. The molecule has 6 nitrogen and oxygen atoms in total. The van der Waals surface area contributed by atoms with Crippen LogP contribution in [-0.2, 0) is 0 Å². The fourth-order valence-corrected chi connectivity index (χ4v) is 3.29. The number of ketones is 1. The minimum atomic E-state index is -0.309. The SMILES string of the molecule is COc1cccc(C(=O)c2cc(Cl)ccc2-n2c(C=O)nc(C)c2C)c1OC. The first kappa shape index (κ1) is 19.6. The number of aryl methyl sites for hydroxylation is 1. The predicted octanol–water partition coefficient (Wildman–Crippen LogP) is 4.20. The summed E-state index contributed by atoms with van der Waals surface area (Å²) in [6.07, 6.45) is 0.662. The van der Waals surface area contributed by atoms with Crippen LogP contribution in [0.1, 0.15) is 37.9 Å². The zero-order valence-electron chi connectivity index (χ0n) is 15.9. The third-order valence-corrected chi connectivity index (χ3v) is 4.80. The average Bonchev–Trinajstić information content (AvgIpc) is 3.00. The molecule has 0 saturated carbocycles. The first-order valence-electron chi connectivity index (χ1n) is 8.49. The summed E-state index contributed by atoms with van der Waals surface area (Å²) in [5.41, 5.74) is 2.63. The van der Waals surface area contributed by atoms with E-state index in [4.69, 9.17) is 21.1 Å². The van der Waals surface area contributed by atoms with Crippen LogP contribution in [0.4, 0.5) is 0 Å². The maximum Gasteiger partial charge on any atom is 0.199 e. The zero-order chi connectivity index (χ0) is 20.4. The quantitative estimate of drug-likeness (QED) is 0.459. The van der Waals surface area contributed by atoms with Crippen molar-refractivity contribution in [3.63, 3.8) is 0 Å². The van der Waals surface area contributed by atoms with Crippen molar-refractivity contribution in [3.8, 4) is 17.2 Å². The van der Waals surface area contributed by atoms with E-state index in [-0.39, 0.29) is 11.6 Å². The van der Waals surface area contributed by atoms with Gasteiger partial charge in [0.15, 0.2) is 29.4 Å². The van der Waals surface area contributed by atoms with Crippen LogP contribution in [-0.4, -0.2) is 35.8 Å². The number of hydrogen-bond donors (Lipinski definition) is 0. The summed E-state index contributed by atoms with van der Waals surface area (Å²) in [5.74, 6) is 0.676. The van der Waals surface area contributed by atoms with Gasteiger partial charge in [-0.1, -0.05) is 17.7 Å². The lowest BCUT2D eigenvalue weighted by Crippen LogP contribution is -2.12. The van der Waals surface area contributed by atoms with Crippen LogP contribution in [0.15, 0.2) is 36.4 Å². The summed E-state index contributed by atoms with van der Waals surface area (Å²) in [6, 6.07) is 10.0. The normalized spacial score (nSPS) is 10.6. The van der Waals surface area contributed by atoms with E-state index in [1.807, 2.05) is 6.92 Å². The van der Waals surface area contributed by atoms with Gasteiger partial charge in [0.25, 0.3) is 0 Å². The molecule has 0 N–H and O–H groups in total. The Bertz CT molecular complexity index is 1070. The van der Waals surface area contributed by atoms with E-state index in [1.165, 1.54) is 14.2 Å². The number of imidazole rings is 1. The first-order chi connectivity index (χ1) is 13.4. The molecule has 0 fully saturated rings. The molecule has 0 atom stereocenters. The van der Waals surface area contributed by atoms with E-state index < -0.39 is 0 Å². The Kier molecular flexibility index (Phi) is 5.51. The van der Waals surface area contributed by atoms with Gasteiger partial charge in [-0.15, -0.1) is 0 Å². The van der Waals surface area contributed by atoms with Gasteiger partial charge in [0, 0.05) is 16.3 Å². The lowest BCUT2D eigenvalue weighted by atomic mass is 10.00. The Balaban J connectivity index is 2.27. The summed E-state index contributed by atoms with van der Waals surface area (Å²) in [4.78, 5) is 29.2. The van der Waals surface area contributed by atoms with Crippen LogP contribution in [0, 0.1) is 13.8 Å². The Labute approximate surface area is 167 Å². The van der Waals surface area contributed by atoms with Crippen LogP contribution in [0.25, 0.3) is 5.69 Å². The van der Waals surface area contributed by atoms with Crippen LogP contribution in [0.3, 0.4) is 0 Å². The molecule has 3 rings (SSSR count). The van der Waals surface area contributed by atoms with Crippen LogP contribution < -0.4 is 9.47 Å². The highest BCUT2D eigenvalue weighted by Gasteiger charge is 2.23. The highest BCUT2D eigenvalue weighted by molar-refractivity contribution is 6.31. The number of hydrogen-bond acceptors (Lipinski definition) is 5. The Hall–Kier alpha value is -3.12. The summed E-state index contributed by atoms with van der Waals surface area (Å²) in [6.45, 7) is 3.64. The van der Waals surface area contributed by atoms with Gasteiger partial charge in [0.2, 0.25) is 0 Å². The molecule has 0 radical (unpaired) electrons. The smallest absolute Gasteiger partial charge is 0.199 e. The van der Waals surface area contributed by atoms with E-state index in [1.54, 1.807) is 47.9 Å². The Morgan fingerprint density at radius 3 is 2.50 bits per heavy atom. The highest BCUT2D eigenvalue weighted by Crippen LogP contribution is 2.34. The van der Waals surface area contributed by atoms with Gasteiger partial charge < -0.3 is 9.47 Å². The molecule has 28 heavy (non-hydrogen) atoms. The van der Waals surface area contributed by atoms with Crippen molar-refractivity contribution < 1.29 is 19.1 Å². The molecule has 0 saturated heterocycles. The van der Waals surface area contributed by atoms with Gasteiger partial charge in [0.05, 0.1) is 31.2 Å². The fraction of sp³-hybridized carbons (Fsp3) is 0.190. The molecular weight excluding hydrogens is 380 g/mol. The molecule has 2 aromatic carbocycles. The number of para-hydroxylation sites is 1. The number of rotatable bonds is 6. The van der Waals surface area contributed by atoms with Crippen molar-refractivity contribution in [1.29, 1.82) is 0 Å². The number of aromatic nitrogens is 2.